The van der Waals surface area contributed by atoms with Crippen LogP contribution in [-0.4, -0.2) is 40.7 Å². The number of amides is 1. The Morgan fingerprint density at radius 1 is 1.36 bits per heavy atom. The number of benzene rings is 1. The van der Waals surface area contributed by atoms with Gasteiger partial charge in [-0.05, 0) is 36.0 Å². The molecule has 1 saturated heterocycles. The Labute approximate surface area is 151 Å². The maximum absolute atomic E-state index is 12.4. The van der Waals surface area contributed by atoms with Crippen molar-refractivity contribution in [1.82, 2.24) is 20.0 Å². The van der Waals surface area contributed by atoms with Gasteiger partial charge >= 0.3 is 0 Å². The third-order valence-electron chi connectivity index (χ3n) is 5.06. The van der Waals surface area contributed by atoms with E-state index in [4.69, 9.17) is 0 Å². The molecule has 4 rings (SSSR count). The predicted octanol–water partition coefficient (Wildman–Crippen LogP) is 2.98. The van der Waals surface area contributed by atoms with Crippen LogP contribution in [0.5, 0.6) is 0 Å². The number of carbonyl (C=O) groups excluding carboxylic acids is 1. The van der Waals surface area contributed by atoms with Gasteiger partial charge in [0.2, 0.25) is 0 Å². The molecule has 3 heterocycles. The molecule has 0 bridgehead atoms. The fraction of sp³-hybridized carbons (Fsp3) is 0.368. The van der Waals surface area contributed by atoms with Gasteiger partial charge in [-0.1, -0.05) is 18.2 Å². The van der Waals surface area contributed by atoms with Gasteiger partial charge in [-0.25, -0.2) is 0 Å². The third-order valence-corrected chi connectivity index (χ3v) is 6.24. The molecule has 0 radical (unpaired) electrons. The van der Waals surface area contributed by atoms with Crippen LogP contribution in [0.3, 0.4) is 0 Å². The number of rotatable bonds is 4. The first-order valence-corrected chi connectivity index (χ1v) is 9.41. The Morgan fingerprint density at radius 2 is 2.20 bits per heavy atom. The molecule has 1 aliphatic rings. The van der Waals surface area contributed by atoms with E-state index in [-0.39, 0.29) is 5.91 Å². The molecule has 5 nitrogen and oxygen atoms in total. The number of carbonyl (C=O) groups is 1. The normalized spacial score (nSPS) is 18.1. The number of aromatic nitrogens is 2. The second-order valence-electron chi connectivity index (χ2n) is 6.59. The van der Waals surface area contributed by atoms with Crippen molar-refractivity contribution in [3.8, 4) is 0 Å². The first-order valence-electron chi connectivity index (χ1n) is 8.60. The van der Waals surface area contributed by atoms with Gasteiger partial charge in [-0.3, -0.25) is 14.4 Å². The summed E-state index contributed by atoms with van der Waals surface area (Å²) in [5, 5.41) is 8.30. The summed E-state index contributed by atoms with van der Waals surface area (Å²) < 4.78 is 3.13. The van der Waals surface area contributed by atoms with Crippen LogP contribution in [0.15, 0.2) is 36.5 Å². The van der Waals surface area contributed by atoms with Crippen LogP contribution >= 0.6 is 11.3 Å². The van der Waals surface area contributed by atoms with E-state index < -0.39 is 0 Å². The molecule has 0 aliphatic carbocycles. The van der Waals surface area contributed by atoms with E-state index in [1.165, 1.54) is 21.3 Å². The molecule has 1 amide bonds. The number of thiophene rings is 1. The van der Waals surface area contributed by atoms with E-state index in [2.05, 4.69) is 39.6 Å². The topological polar surface area (TPSA) is 50.2 Å². The van der Waals surface area contributed by atoms with Crippen molar-refractivity contribution in [2.45, 2.75) is 18.9 Å². The first kappa shape index (κ1) is 16.3. The average molecular weight is 354 g/mol. The number of nitrogens with zero attached hydrogens (tertiary/aromatic N) is 3. The molecule has 0 spiro atoms. The average Bonchev–Trinajstić information content (AvgIpc) is 3.33. The minimum absolute atomic E-state index is 0.0290. The van der Waals surface area contributed by atoms with Crippen molar-refractivity contribution in [2.24, 2.45) is 7.05 Å². The number of hydrogen-bond donors (Lipinski definition) is 1. The van der Waals surface area contributed by atoms with E-state index >= 15 is 0 Å². The van der Waals surface area contributed by atoms with Crippen LogP contribution in [0.25, 0.3) is 10.1 Å². The van der Waals surface area contributed by atoms with Crippen molar-refractivity contribution in [3.63, 3.8) is 0 Å². The highest BCUT2D eigenvalue weighted by Crippen LogP contribution is 2.40. The largest absolute Gasteiger partial charge is 0.354 e. The zero-order chi connectivity index (χ0) is 17.4. The Morgan fingerprint density at radius 3 is 2.96 bits per heavy atom. The van der Waals surface area contributed by atoms with Crippen LogP contribution in [0, 0.1) is 0 Å². The molecular weight excluding hydrogens is 332 g/mol. The Hall–Kier alpha value is -2.18. The summed E-state index contributed by atoms with van der Waals surface area (Å²) in [6.07, 6.45) is 2.93. The maximum Gasteiger partial charge on any atom is 0.261 e. The Bertz CT molecular complexity index is 913. The highest BCUT2D eigenvalue weighted by atomic mass is 32.1. The molecular formula is C19H22N4OS. The zero-order valence-electron chi connectivity index (χ0n) is 14.5. The van der Waals surface area contributed by atoms with Crippen LogP contribution in [-0.2, 0) is 13.6 Å². The summed E-state index contributed by atoms with van der Waals surface area (Å²) in [6.45, 7) is 2.94. The van der Waals surface area contributed by atoms with Gasteiger partial charge in [0.05, 0.1) is 10.6 Å². The smallest absolute Gasteiger partial charge is 0.261 e. The van der Waals surface area contributed by atoms with E-state index in [1.807, 2.05) is 24.0 Å². The van der Waals surface area contributed by atoms with Crippen molar-refractivity contribution >= 4 is 27.3 Å². The molecule has 1 unspecified atom stereocenters. The molecule has 1 N–H and O–H groups in total. The standard InChI is InChI=1S/C19H22N4OS/c1-20-19(24)18-17(15-5-3-4-6-16(15)25-18)13-8-10-23(11-13)12-14-7-9-21-22(14)2/h3-7,9,13H,8,10-12H2,1-2H3,(H,20,24). The second-order valence-corrected chi connectivity index (χ2v) is 7.64. The third kappa shape index (κ3) is 2.96. The SMILES string of the molecule is CNC(=O)c1sc2ccccc2c1C1CCN(Cc2ccnn2C)C1. The van der Waals surface area contributed by atoms with Gasteiger partial charge in [0, 0.05) is 44.0 Å². The van der Waals surface area contributed by atoms with Gasteiger partial charge in [0.25, 0.3) is 5.91 Å². The van der Waals surface area contributed by atoms with Gasteiger partial charge in [-0.2, -0.15) is 5.10 Å². The zero-order valence-corrected chi connectivity index (χ0v) is 15.3. The minimum atomic E-state index is 0.0290. The van der Waals surface area contributed by atoms with E-state index in [0.717, 1.165) is 30.9 Å². The lowest BCUT2D eigenvalue weighted by molar-refractivity contribution is 0.0966. The summed E-state index contributed by atoms with van der Waals surface area (Å²) in [6, 6.07) is 10.4. The van der Waals surface area contributed by atoms with Gasteiger partial charge < -0.3 is 5.32 Å². The van der Waals surface area contributed by atoms with Gasteiger partial charge in [-0.15, -0.1) is 11.3 Å². The van der Waals surface area contributed by atoms with E-state index in [0.29, 0.717) is 5.92 Å². The molecule has 130 valence electrons. The minimum Gasteiger partial charge on any atom is -0.354 e. The molecule has 1 fully saturated rings. The van der Waals surface area contributed by atoms with Crippen LogP contribution < -0.4 is 5.32 Å². The number of fused-ring (bicyclic) bond motifs is 1. The molecule has 2 aromatic heterocycles. The Balaban J connectivity index is 1.63. The summed E-state index contributed by atoms with van der Waals surface area (Å²) in [5.41, 5.74) is 2.45. The molecule has 1 atom stereocenters. The lowest BCUT2D eigenvalue weighted by Crippen LogP contribution is -2.22. The van der Waals surface area contributed by atoms with Crippen molar-refractivity contribution in [2.75, 3.05) is 20.1 Å². The quantitative estimate of drug-likeness (QED) is 0.784. The predicted molar refractivity (Wildman–Crippen MR) is 101 cm³/mol. The summed E-state index contributed by atoms with van der Waals surface area (Å²) >= 11 is 1.61. The van der Waals surface area contributed by atoms with Crippen molar-refractivity contribution in [1.29, 1.82) is 0 Å². The fourth-order valence-electron chi connectivity index (χ4n) is 3.75. The monoisotopic (exact) mass is 354 g/mol. The van der Waals surface area contributed by atoms with Crippen LogP contribution in [0.2, 0.25) is 0 Å². The molecule has 3 aromatic rings. The molecule has 25 heavy (non-hydrogen) atoms. The number of aryl methyl sites for hydroxylation is 1. The number of hydrogen-bond acceptors (Lipinski definition) is 4. The highest BCUT2D eigenvalue weighted by Gasteiger charge is 2.30. The van der Waals surface area contributed by atoms with E-state index in [9.17, 15) is 4.79 Å². The second kappa shape index (κ2) is 6.61. The summed E-state index contributed by atoms with van der Waals surface area (Å²) in [5.74, 6) is 0.429. The first-order chi connectivity index (χ1) is 12.2. The Kier molecular flexibility index (Phi) is 4.31. The lowest BCUT2D eigenvalue weighted by Gasteiger charge is -2.16. The lowest BCUT2D eigenvalue weighted by atomic mass is 9.95. The molecule has 1 aliphatic heterocycles. The number of nitrogens with one attached hydrogen (secondary N) is 1. The van der Waals surface area contributed by atoms with Crippen LogP contribution in [0.1, 0.15) is 33.3 Å². The van der Waals surface area contributed by atoms with Gasteiger partial charge in [0.1, 0.15) is 0 Å². The van der Waals surface area contributed by atoms with Gasteiger partial charge in [0.15, 0.2) is 0 Å². The maximum atomic E-state index is 12.4. The summed E-state index contributed by atoms with van der Waals surface area (Å²) in [7, 11) is 3.69. The van der Waals surface area contributed by atoms with Crippen LogP contribution in [0.4, 0.5) is 0 Å². The summed E-state index contributed by atoms with van der Waals surface area (Å²) in [4.78, 5) is 15.7. The van der Waals surface area contributed by atoms with Crippen molar-refractivity contribution in [3.05, 3.63) is 52.7 Å². The fourth-order valence-corrected chi connectivity index (χ4v) is 4.99. The van der Waals surface area contributed by atoms with E-state index in [1.54, 1.807) is 18.4 Å². The molecule has 0 saturated carbocycles. The molecule has 6 heteroatoms. The van der Waals surface area contributed by atoms with Crippen molar-refractivity contribution < 1.29 is 4.79 Å². The molecule has 1 aromatic carbocycles. The number of likely N-dealkylation sites (tertiary alicyclic amines) is 1. The highest BCUT2D eigenvalue weighted by molar-refractivity contribution is 7.21.